The van der Waals surface area contributed by atoms with Crippen molar-refractivity contribution in [2.45, 2.75) is 471 Å². The first kappa shape index (κ1) is 116. The van der Waals surface area contributed by atoms with E-state index in [9.17, 15) is 0 Å². The van der Waals surface area contributed by atoms with Gasteiger partial charge in [0.25, 0.3) is 0 Å². The molecule has 0 N–H and O–H groups in total. The summed E-state index contributed by atoms with van der Waals surface area (Å²) in [7, 11) is 0. The maximum Gasteiger partial charge on any atom is 0.133 e. The molecule has 9 aromatic rings. The average Bonchev–Trinajstić information content (AvgIpc) is 0.830. The summed E-state index contributed by atoms with van der Waals surface area (Å²) >= 11 is 0. The van der Waals surface area contributed by atoms with Crippen LogP contribution in [0.2, 0.25) is 0 Å². The molecule has 0 aliphatic heterocycles. The van der Waals surface area contributed by atoms with Crippen LogP contribution in [-0.4, -0.2) is 59.8 Å². The van der Waals surface area contributed by atoms with Gasteiger partial charge in [-0.2, -0.15) is 0 Å². The molecular weight excluding hydrogens is 1540 g/mol. The molecule has 0 fully saturated rings. The third-order valence-corrected chi connectivity index (χ3v) is 20.7. The molecule has 0 radical (unpaired) electrons. The van der Waals surface area contributed by atoms with Gasteiger partial charge in [-0.05, 0) is 107 Å². The van der Waals surface area contributed by atoms with Crippen LogP contribution in [0.5, 0.6) is 0 Å². The lowest BCUT2D eigenvalue weighted by atomic mass is 9.81. The molecule has 702 valence electrons. The fourth-order valence-electron chi connectivity index (χ4n) is 11.1. The predicted octanol–water partition coefficient (Wildman–Crippen LogP) is 31.3. The smallest absolute Gasteiger partial charge is 0.133 e. The molecule has 12 heteroatoms. The second kappa shape index (κ2) is 43.7. The third-order valence-electron chi connectivity index (χ3n) is 20.7. The SMILES string of the molecule is CC(C)(C)c1cc(C(C)(C)C)ncn1.CC(C)(C)c1ccc(C(C)(C)C)cc1.CC(C)(C)c1ccc(C(C)(C)C)nc1.CC(C)(C)c1cccc(C(C)(C)C)c1.CC(C)(C)c1cccc(C(C)(C)C)n1.CC(C)(C)c1ccnc(C(C)(C)C)n1.CC(C)(C)c1cnc(C(C)(C)C)nc1.CC(C)(C)c1cnc(C(C)(C)C)nc1.CC(C)(C)c1cncc(C(C)(C)C)n1. The zero-order chi connectivity index (χ0) is 98.8. The van der Waals surface area contributed by atoms with E-state index >= 15 is 0 Å². The van der Waals surface area contributed by atoms with Crippen molar-refractivity contribution < 1.29 is 0 Å². The number of benzene rings is 2. The van der Waals surface area contributed by atoms with Crippen LogP contribution < -0.4 is 0 Å². The number of rotatable bonds is 0. The minimum Gasteiger partial charge on any atom is -0.261 e. The molecule has 0 saturated carbocycles. The van der Waals surface area contributed by atoms with Gasteiger partial charge >= 0.3 is 0 Å². The van der Waals surface area contributed by atoms with Crippen LogP contribution >= 0.6 is 0 Å². The number of hydrogen-bond acceptors (Lipinski definition) is 12. The largest absolute Gasteiger partial charge is 0.261 e. The normalized spacial score (nSPS) is 13.0. The standard InChI is InChI=1S/2C14H22.2C13H21N.5C12H20N2/c1-13(2,3)11-7-9-12(10-8-11)14(4,5)6;1-13(2,3)11-8-7-9-12(10-11)14(4,5)6;1-12(2,3)10-7-8-11(14-9-10)13(4,5)6;1-12(2,3)10-8-7-9-11(14-10)13(4,5)6;1-11(2,3)9-7-13-8-10(14-9)12(4,5)6;1-11(2,3)9-7-10(12(4,5)6)14-8-13-9;2*1-11(2,3)9-7-13-10(14-8-9)12(4,5)6;1-11(2,3)9-7-8-13-10(14-9)12(4,5)6/h2*7-10H,1-6H3;2*7-9H,1-6H3;5*7-8H,1-6H3. The first-order chi connectivity index (χ1) is 55.9. The number of pyridine rings is 2. The van der Waals surface area contributed by atoms with Gasteiger partial charge in [-0.15, -0.1) is 0 Å². The van der Waals surface area contributed by atoms with Gasteiger partial charge < -0.3 is 0 Å². The molecule has 7 heterocycles. The Balaban J connectivity index is 0.000000709. The first-order valence-corrected chi connectivity index (χ1v) is 46.2. The zero-order valence-corrected chi connectivity index (χ0v) is 91.2. The van der Waals surface area contributed by atoms with E-state index in [4.69, 9.17) is 4.98 Å². The average molecular weight is 1720 g/mol. The molecule has 9 rings (SSSR count). The van der Waals surface area contributed by atoms with Gasteiger partial charge in [0.2, 0.25) is 0 Å². The van der Waals surface area contributed by atoms with E-state index in [2.05, 4.69) is 514 Å². The summed E-state index contributed by atoms with van der Waals surface area (Å²) in [6.07, 6.45) is 17.0. The van der Waals surface area contributed by atoms with Crippen LogP contribution in [0.1, 0.15) is 476 Å². The van der Waals surface area contributed by atoms with E-state index in [1.165, 1.54) is 50.3 Å². The van der Waals surface area contributed by atoms with Gasteiger partial charge in [-0.1, -0.05) is 435 Å². The summed E-state index contributed by atoms with van der Waals surface area (Å²) in [5, 5.41) is 0. The molecule has 0 spiro atoms. The van der Waals surface area contributed by atoms with E-state index in [0.29, 0.717) is 0 Å². The van der Waals surface area contributed by atoms with Gasteiger partial charge in [0.05, 0.1) is 11.4 Å². The highest BCUT2D eigenvalue weighted by Gasteiger charge is 2.29. The molecule has 0 bridgehead atoms. The molecule has 0 atom stereocenters. The molecule has 0 saturated heterocycles. The third kappa shape index (κ3) is 42.6. The van der Waals surface area contributed by atoms with Crippen molar-refractivity contribution >= 4 is 0 Å². The molecule has 7 aromatic heterocycles. The van der Waals surface area contributed by atoms with Crippen molar-refractivity contribution in [1.29, 1.82) is 0 Å². The zero-order valence-electron chi connectivity index (χ0n) is 91.2. The Kier molecular flexibility index (Phi) is 40.3. The van der Waals surface area contributed by atoms with E-state index in [0.717, 1.165) is 51.6 Å². The second-order valence-corrected chi connectivity index (χ2v) is 52.9. The number of hydrogen-bond donors (Lipinski definition) is 0. The Morgan fingerprint density at radius 1 is 0.151 bits per heavy atom. The van der Waals surface area contributed by atoms with E-state index < -0.39 is 0 Å². The molecule has 0 aliphatic rings. The Labute approximate surface area is 775 Å². The van der Waals surface area contributed by atoms with Crippen molar-refractivity contribution in [2.24, 2.45) is 0 Å². The summed E-state index contributed by atoms with van der Waals surface area (Å²) in [5.74, 6) is 2.74. The lowest BCUT2D eigenvalue weighted by Gasteiger charge is -2.24. The van der Waals surface area contributed by atoms with Crippen molar-refractivity contribution in [3.05, 3.63) is 249 Å². The quantitative estimate of drug-likeness (QED) is 0.142. The van der Waals surface area contributed by atoms with Gasteiger partial charge in [0.15, 0.2) is 0 Å². The fourth-order valence-corrected chi connectivity index (χ4v) is 11.1. The Morgan fingerprint density at radius 3 is 0.659 bits per heavy atom. The first-order valence-electron chi connectivity index (χ1n) is 46.2. The maximum atomic E-state index is 4.72. The highest BCUT2D eigenvalue weighted by Crippen LogP contribution is 2.35. The predicted molar refractivity (Wildman–Crippen MR) is 548 cm³/mol. The van der Waals surface area contributed by atoms with Crippen LogP contribution in [-0.2, 0) is 97.5 Å². The molecule has 0 unspecified atom stereocenters. The van der Waals surface area contributed by atoms with E-state index in [1.54, 1.807) is 6.33 Å². The molecule has 2 aromatic carbocycles. The molecule has 0 aliphatic carbocycles. The summed E-state index contributed by atoms with van der Waals surface area (Å²) in [4.78, 5) is 53.3. The number of aromatic nitrogens is 12. The summed E-state index contributed by atoms with van der Waals surface area (Å²) in [6.45, 7) is 118. The maximum absolute atomic E-state index is 4.72. The molecule has 12 nitrogen and oxygen atoms in total. The van der Waals surface area contributed by atoms with E-state index in [1.807, 2.05) is 55.6 Å². The van der Waals surface area contributed by atoms with Crippen molar-refractivity contribution in [3.8, 4) is 0 Å². The van der Waals surface area contributed by atoms with Crippen LogP contribution in [0.3, 0.4) is 0 Å². The second-order valence-electron chi connectivity index (χ2n) is 52.9. The molecular formula is C114H186N12. The fraction of sp³-hybridized carbons (Fsp3) is 0.632. The topological polar surface area (TPSA) is 155 Å². The van der Waals surface area contributed by atoms with E-state index in [-0.39, 0.29) is 97.5 Å². The van der Waals surface area contributed by atoms with Crippen LogP contribution in [0.4, 0.5) is 0 Å². The highest BCUT2D eigenvalue weighted by molar-refractivity contribution is 5.34. The monoisotopic (exact) mass is 1720 g/mol. The van der Waals surface area contributed by atoms with Gasteiger partial charge in [-0.25, -0.2) is 39.9 Å². The van der Waals surface area contributed by atoms with Gasteiger partial charge in [-0.3, -0.25) is 19.9 Å². The van der Waals surface area contributed by atoms with Crippen molar-refractivity contribution in [2.75, 3.05) is 0 Å². The van der Waals surface area contributed by atoms with Gasteiger partial charge in [0.1, 0.15) is 23.8 Å². The van der Waals surface area contributed by atoms with Gasteiger partial charge in [0, 0.05) is 143 Å². The summed E-state index contributed by atoms with van der Waals surface area (Å²) in [6, 6.07) is 32.7. The lowest BCUT2D eigenvalue weighted by molar-refractivity contribution is 0.513. The summed E-state index contributed by atoms with van der Waals surface area (Å²) < 4.78 is 0. The summed E-state index contributed by atoms with van der Waals surface area (Å²) in [5.41, 5.74) is 20.8. The minimum atomic E-state index is 0.0290. The van der Waals surface area contributed by atoms with Crippen LogP contribution in [0.15, 0.2) is 147 Å². The van der Waals surface area contributed by atoms with Crippen LogP contribution in [0, 0.1) is 0 Å². The molecule has 126 heavy (non-hydrogen) atoms. The lowest BCUT2D eigenvalue weighted by Crippen LogP contribution is -2.21. The van der Waals surface area contributed by atoms with Crippen molar-refractivity contribution in [3.63, 3.8) is 0 Å². The minimum absolute atomic E-state index is 0.0290. The van der Waals surface area contributed by atoms with Crippen molar-refractivity contribution in [1.82, 2.24) is 59.8 Å². The Bertz CT molecular complexity index is 3740. The van der Waals surface area contributed by atoms with Crippen LogP contribution in [0.25, 0.3) is 0 Å². The highest BCUT2D eigenvalue weighted by atomic mass is 14.9. The Hall–Kier alpha value is -7.86. The number of nitrogens with zero attached hydrogens (tertiary/aromatic N) is 12. The molecule has 0 amide bonds. The Morgan fingerprint density at radius 2 is 0.405 bits per heavy atom.